The third kappa shape index (κ3) is 2.93. The van der Waals surface area contributed by atoms with E-state index in [4.69, 9.17) is 23.2 Å². The lowest BCUT2D eigenvalue weighted by Gasteiger charge is -2.19. The summed E-state index contributed by atoms with van der Waals surface area (Å²) in [5.74, 6) is 0. The topological polar surface area (TPSA) is 43.6 Å². The van der Waals surface area contributed by atoms with Crippen LogP contribution in [0.1, 0.15) is 29.8 Å². The van der Waals surface area contributed by atoms with Gasteiger partial charge in [-0.25, -0.2) is 14.6 Å². The molecule has 0 aliphatic heterocycles. The van der Waals surface area contributed by atoms with Gasteiger partial charge in [0.05, 0.1) is 23.5 Å². The maximum absolute atomic E-state index is 13.4. The van der Waals surface area contributed by atoms with Crippen molar-refractivity contribution >= 4 is 34.4 Å². The molecule has 3 aromatic rings. The Morgan fingerprint density at radius 1 is 1.21 bits per heavy atom. The smallest absolute Gasteiger partial charge is 0.248 e. The van der Waals surface area contributed by atoms with Crippen LogP contribution in [0.25, 0.3) is 11.2 Å². The van der Waals surface area contributed by atoms with Gasteiger partial charge in [0.2, 0.25) is 0 Å². The van der Waals surface area contributed by atoms with Gasteiger partial charge in [-0.05, 0) is 31.5 Å². The zero-order valence-corrected chi connectivity index (χ0v) is 14.1. The first-order chi connectivity index (χ1) is 11.2. The maximum Gasteiger partial charge on any atom is 0.416 e. The molecule has 4 nitrogen and oxygen atoms in total. The van der Waals surface area contributed by atoms with Gasteiger partial charge in [0.1, 0.15) is 10.7 Å². The first-order valence-electron chi connectivity index (χ1n) is 6.92. The van der Waals surface area contributed by atoms with E-state index in [9.17, 15) is 13.2 Å². The van der Waals surface area contributed by atoms with Crippen LogP contribution < -0.4 is 0 Å². The quantitative estimate of drug-likeness (QED) is 0.628. The molecule has 3 rings (SSSR count). The van der Waals surface area contributed by atoms with E-state index >= 15 is 0 Å². The molecule has 0 saturated carbocycles. The molecule has 24 heavy (non-hydrogen) atoms. The number of hydrogen-bond acceptors (Lipinski definition) is 3. The summed E-state index contributed by atoms with van der Waals surface area (Å²) in [5.41, 5.74) is 0.616. The average Bonchev–Trinajstić information content (AvgIpc) is 2.82. The van der Waals surface area contributed by atoms with Crippen molar-refractivity contribution < 1.29 is 13.2 Å². The molecule has 0 amide bonds. The number of aryl methyl sites for hydroxylation is 1. The number of hydrogen-bond donors (Lipinski definition) is 0. The molecule has 1 aromatic carbocycles. The predicted molar refractivity (Wildman–Crippen MR) is 85.3 cm³/mol. The Hall–Kier alpha value is -1.86. The van der Waals surface area contributed by atoms with E-state index in [1.165, 1.54) is 23.0 Å². The molecular formula is C15H11Cl2F3N4. The van der Waals surface area contributed by atoms with Gasteiger partial charge in [0, 0.05) is 5.02 Å². The van der Waals surface area contributed by atoms with Crippen molar-refractivity contribution in [1.29, 1.82) is 0 Å². The number of alkyl halides is 3. The molecule has 126 valence electrons. The monoisotopic (exact) mass is 374 g/mol. The largest absolute Gasteiger partial charge is 0.416 e. The van der Waals surface area contributed by atoms with E-state index < -0.39 is 17.8 Å². The number of rotatable bonds is 2. The van der Waals surface area contributed by atoms with Gasteiger partial charge in [-0.15, -0.1) is 0 Å². The summed E-state index contributed by atoms with van der Waals surface area (Å²) in [6.45, 7) is 3.31. The molecule has 0 bridgehead atoms. The van der Waals surface area contributed by atoms with E-state index in [1.807, 2.05) is 0 Å². The maximum atomic E-state index is 13.4. The lowest BCUT2D eigenvalue weighted by molar-refractivity contribution is -0.138. The van der Waals surface area contributed by atoms with Gasteiger partial charge in [-0.2, -0.15) is 18.3 Å². The van der Waals surface area contributed by atoms with Crippen LogP contribution in [0.3, 0.4) is 0 Å². The summed E-state index contributed by atoms with van der Waals surface area (Å²) < 4.78 is 41.4. The first-order valence-corrected chi connectivity index (χ1v) is 7.68. The molecule has 1 atom stereocenters. The van der Waals surface area contributed by atoms with E-state index in [0.717, 1.165) is 6.07 Å². The number of nitrogens with zero attached hydrogens (tertiary/aromatic N) is 4. The van der Waals surface area contributed by atoms with Gasteiger partial charge in [0.15, 0.2) is 5.65 Å². The van der Waals surface area contributed by atoms with Crippen LogP contribution in [0.15, 0.2) is 24.4 Å². The molecule has 2 aromatic heterocycles. The lowest BCUT2D eigenvalue weighted by atomic mass is 10.0. The average molecular weight is 375 g/mol. The minimum Gasteiger partial charge on any atom is -0.248 e. The van der Waals surface area contributed by atoms with Crippen LogP contribution in [0.4, 0.5) is 13.2 Å². The van der Waals surface area contributed by atoms with Crippen molar-refractivity contribution in [2.24, 2.45) is 0 Å². The molecule has 0 unspecified atom stereocenters. The standard InChI is InChI=1S/C15H11Cl2F3N4/c1-7-13-14(22-12(17)6-21-13)24(23-7)8(2)10-4-3-9(16)5-11(10)15(18,19)20/h3-6,8H,1-2H3/t8-/m1/s1. The fourth-order valence-electron chi connectivity index (χ4n) is 2.57. The summed E-state index contributed by atoms with van der Waals surface area (Å²) in [6.07, 6.45) is -3.16. The molecule has 0 aliphatic carbocycles. The van der Waals surface area contributed by atoms with E-state index in [0.29, 0.717) is 16.9 Å². The summed E-state index contributed by atoms with van der Waals surface area (Å²) >= 11 is 11.6. The second-order valence-electron chi connectivity index (χ2n) is 5.30. The minimum absolute atomic E-state index is 0.0163. The Kier molecular flexibility index (Phi) is 4.17. The Morgan fingerprint density at radius 2 is 1.92 bits per heavy atom. The minimum atomic E-state index is -4.53. The normalized spacial score (nSPS) is 13.5. The fourth-order valence-corrected chi connectivity index (χ4v) is 2.87. The van der Waals surface area contributed by atoms with Crippen molar-refractivity contribution in [2.45, 2.75) is 26.1 Å². The van der Waals surface area contributed by atoms with E-state index in [1.54, 1.807) is 13.8 Å². The molecule has 0 N–H and O–H groups in total. The third-order valence-corrected chi connectivity index (χ3v) is 4.10. The molecule has 9 heteroatoms. The number of halogens is 5. The summed E-state index contributed by atoms with van der Waals surface area (Å²) in [7, 11) is 0. The van der Waals surface area contributed by atoms with E-state index in [2.05, 4.69) is 15.1 Å². The van der Waals surface area contributed by atoms with Crippen LogP contribution in [0, 0.1) is 6.92 Å². The van der Waals surface area contributed by atoms with Crippen LogP contribution in [-0.4, -0.2) is 19.7 Å². The Bertz CT molecular complexity index is 921. The fraction of sp³-hybridized carbons (Fsp3) is 0.267. The molecule has 0 spiro atoms. The summed E-state index contributed by atoms with van der Waals surface area (Å²) in [4.78, 5) is 8.29. The van der Waals surface area contributed by atoms with Gasteiger partial charge < -0.3 is 0 Å². The second kappa shape index (κ2) is 5.89. The molecule has 2 heterocycles. The first kappa shape index (κ1) is 17.0. The SMILES string of the molecule is Cc1nn([C@H](C)c2ccc(Cl)cc2C(F)(F)F)c2nc(Cl)cnc12. The summed E-state index contributed by atoms with van der Waals surface area (Å²) in [6, 6.07) is 2.93. The molecular weight excluding hydrogens is 364 g/mol. The van der Waals surface area contributed by atoms with Gasteiger partial charge >= 0.3 is 6.18 Å². The zero-order chi connectivity index (χ0) is 17.6. The highest BCUT2D eigenvalue weighted by atomic mass is 35.5. The highest BCUT2D eigenvalue weighted by Gasteiger charge is 2.35. The number of benzene rings is 1. The van der Waals surface area contributed by atoms with Crippen LogP contribution in [0.2, 0.25) is 10.2 Å². The van der Waals surface area contributed by atoms with Crippen molar-refractivity contribution in [3.05, 3.63) is 51.4 Å². The van der Waals surface area contributed by atoms with Gasteiger partial charge in [-0.1, -0.05) is 29.3 Å². The van der Waals surface area contributed by atoms with E-state index in [-0.39, 0.29) is 15.7 Å². The Morgan fingerprint density at radius 3 is 2.58 bits per heavy atom. The van der Waals surface area contributed by atoms with Gasteiger partial charge in [0.25, 0.3) is 0 Å². The zero-order valence-electron chi connectivity index (χ0n) is 12.6. The van der Waals surface area contributed by atoms with Crippen molar-refractivity contribution in [3.8, 4) is 0 Å². The van der Waals surface area contributed by atoms with Gasteiger partial charge in [-0.3, -0.25) is 0 Å². The molecule has 0 radical (unpaired) electrons. The predicted octanol–water partition coefficient (Wildman–Crippen LogP) is 5.07. The Labute approximate surface area is 145 Å². The molecule has 0 saturated heterocycles. The number of aromatic nitrogens is 4. The molecule has 0 aliphatic rings. The van der Waals surface area contributed by atoms with Crippen molar-refractivity contribution in [1.82, 2.24) is 19.7 Å². The highest BCUT2D eigenvalue weighted by Crippen LogP contribution is 2.37. The summed E-state index contributed by atoms with van der Waals surface area (Å²) in [5, 5.41) is 4.44. The van der Waals surface area contributed by atoms with Crippen molar-refractivity contribution in [3.63, 3.8) is 0 Å². The lowest BCUT2D eigenvalue weighted by Crippen LogP contribution is -2.16. The highest BCUT2D eigenvalue weighted by molar-refractivity contribution is 6.30. The number of fused-ring (bicyclic) bond motifs is 1. The Balaban J connectivity index is 2.21. The van der Waals surface area contributed by atoms with Crippen molar-refractivity contribution in [2.75, 3.05) is 0 Å². The molecule has 0 fully saturated rings. The van der Waals surface area contributed by atoms with Crippen LogP contribution in [0.5, 0.6) is 0 Å². The van der Waals surface area contributed by atoms with Crippen LogP contribution in [-0.2, 0) is 6.18 Å². The second-order valence-corrected chi connectivity index (χ2v) is 6.12. The van der Waals surface area contributed by atoms with Crippen LogP contribution >= 0.6 is 23.2 Å². The third-order valence-electron chi connectivity index (χ3n) is 3.68.